The highest BCUT2D eigenvalue weighted by Crippen LogP contribution is 2.23. The molecule has 2 aliphatic rings. The van der Waals surface area contributed by atoms with E-state index in [4.69, 9.17) is 4.74 Å². The third kappa shape index (κ3) is 5.34. The van der Waals surface area contributed by atoms with E-state index in [2.05, 4.69) is 10.3 Å². The summed E-state index contributed by atoms with van der Waals surface area (Å²) >= 11 is 0. The topological polar surface area (TPSA) is 74.8 Å². The summed E-state index contributed by atoms with van der Waals surface area (Å²) in [6.07, 6.45) is 5.43. The van der Waals surface area contributed by atoms with Gasteiger partial charge < -0.3 is 19.9 Å². The molecule has 0 radical (unpaired) electrons. The second kappa shape index (κ2) is 9.81. The number of nitrogens with zero attached hydrogens (tertiary/aromatic N) is 3. The lowest BCUT2D eigenvalue weighted by Crippen LogP contribution is -2.39. The second-order valence-corrected chi connectivity index (χ2v) is 8.33. The van der Waals surface area contributed by atoms with Crippen LogP contribution < -0.4 is 10.1 Å². The summed E-state index contributed by atoms with van der Waals surface area (Å²) in [4.78, 5) is 33.4. The molecule has 0 aliphatic carbocycles. The first-order valence-corrected chi connectivity index (χ1v) is 11.1. The molecular weight excluding hydrogens is 392 g/mol. The molecule has 7 heteroatoms. The number of likely N-dealkylation sites (tertiary alicyclic amines) is 2. The van der Waals surface area contributed by atoms with Gasteiger partial charge in [-0.25, -0.2) is 9.78 Å². The van der Waals surface area contributed by atoms with E-state index in [-0.39, 0.29) is 18.0 Å². The Hall–Kier alpha value is -3.09. The van der Waals surface area contributed by atoms with Gasteiger partial charge in [-0.1, -0.05) is 29.8 Å². The number of carbonyl (C=O) groups excluding carboxylic acids is 2. The Bertz CT molecular complexity index is 909. The molecule has 0 spiro atoms. The average Bonchev–Trinajstić information content (AvgIpc) is 3.28. The number of benzene rings is 1. The van der Waals surface area contributed by atoms with E-state index in [1.165, 1.54) is 12.0 Å². The van der Waals surface area contributed by atoms with Crippen molar-refractivity contribution in [1.29, 1.82) is 0 Å². The first kappa shape index (κ1) is 21.2. The minimum atomic E-state index is -0.173. The Morgan fingerprint density at radius 1 is 1.06 bits per heavy atom. The van der Waals surface area contributed by atoms with Crippen LogP contribution in [0.15, 0.2) is 42.6 Å². The Kier molecular flexibility index (Phi) is 6.70. The summed E-state index contributed by atoms with van der Waals surface area (Å²) in [6, 6.07) is 11.6. The number of ether oxygens (including phenoxy) is 1. The number of hydrogen-bond acceptors (Lipinski definition) is 4. The fourth-order valence-electron chi connectivity index (χ4n) is 4.08. The molecule has 1 aromatic heterocycles. The van der Waals surface area contributed by atoms with Gasteiger partial charge in [0.05, 0.1) is 6.54 Å². The van der Waals surface area contributed by atoms with Gasteiger partial charge in [0.2, 0.25) is 5.88 Å². The Labute approximate surface area is 183 Å². The first-order chi connectivity index (χ1) is 15.1. The Balaban J connectivity index is 1.32. The molecule has 1 atom stereocenters. The van der Waals surface area contributed by atoms with Crippen LogP contribution in [-0.4, -0.2) is 59.0 Å². The highest BCUT2D eigenvalue weighted by molar-refractivity contribution is 5.96. The number of rotatable bonds is 5. The van der Waals surface area contributed by atoms with Crippen molar-refractivity contribution in [1.82, 2.24) is 20.1 Å². The van der Waals surface area contributed by atoms with Crippen LogP contribution in [0.2, 0.25) is 0 Å². The van der Waals surface area contributed by atoms with E-state index in [1.807, 2.05) is 36.1 Å². The van der Waals surface area contributed by atoms with Crippen molar-refractivity contribution < 1.29 is 14.3 Å². The van der Waals surface area contributed by atoms with Crippen molar-refractivity contribution in [3.8, 4) is 5.88 Å². The molecule has 3 amide bonds. The van der Waals surface area contributed by atoms with Gasteiger partial charge >= 0.3 is 6.03 Å². The van der Waals surface area contributed by atoms with E-state index >= 15 is 0 Å². The molecule has 2 aliphatic heterocycles. The van der Waals surface area contributed by atoms with Crippen LogP contribution in [-0.2, 0) is 6.54 Å². The van der Waals surface area contributed by atoms with Crippen molar-refractivity contribution in [2.24, 2.45) is 0 Å². The van der Waals surface area contributed by atoms with Crippen molar-refractivity contribution in [2.45, 2.75) is 45.3 Å². The number of carbonyl (C=O) groups is 2. The summed E-state index contributed by atoms with van der Waals surface area (Å²) < 4.78 is 6.09. The second-order valence-electron chi connectivity index (χ2n) is 8.33. The SMILES string of the molecule is Cc1ccc(CNC(=O)N2CCC(Oc3ncccc3C(=O)N3CCCCC3)C2)cc1. The summed E-state index contributed by atoms with van der Waals surface area (Å²) in [6.45, 7) is 5.20. The normalized spacial score (nSPS) is 18.7. The molecule has 3 heterocycles. The molecule has 2 aromatic rings. The zero-order chi connectivity index (χ0) is 21.6. The van der Waals surface area contributed by atoms with Gasteiger partial charge in [0, 0.05) is 38.8 Å². The molecule has 4 rings (SSSR count). The number of piperidine rings is 1. The van der Waals surface area contributed by atoms with Gasteiger partial charge in [-0.2, -0.15) is 0 Å². The maximum Gasteiger partial charge on any atom is 0.317 e. The smallest absolute Gasteiger partial charge is 0.317 e. The van der Waals surface area contributed by atoms with E-state index in [0.29, 0.717) is 37.5 Å². The van der Waals surface area contributed by atoms with Crippen LogP contribution in [0.25, 0.3) is 0 Å². The largest absolute Gasteiger partial charge is 0.472 e. The fourth-order valence-corrected chi connectivity index (χ4v) is 4.08. The molecule has 2 saturated heterocycles. The van der Waals surface area contributed by atoms with Crippen LogP contribution in [0.4, 0.5) is 4.79 Å². The van der Waals surface area contributed by atoms with Crippen molar-refractivity contribution >= 4 is 11.9 Å². The van der Waals surface area contributed by atoms with E-state index < -0.39 is 0 Å². The van der Waals surface area contributed by atoms with Crippen LogP contribution >= 0.6 is 0 Å². The third-order valence-corrected chi connectivity index (χ3v) is 5.92. The lowest BCUT2D eigenvalue weighted by atomic mass is 10.1. The highest BCUT2D eigenvalue weighted by Gasteiger charge is 2.30. The minimum Gasteiger partial charge on any atom is -0.472 e. The number of aryl methyl sites for hydroxylation is 1. The first-order valence-electron chi connectivity index (χ1n) is 11.1. The van der Waals surface area contributed by atoms with Crippen molar-refractivity contribution in [3.05, 3.63) is 59.3 Å². The molecule has 7 nitrogen and oxygen atoms in total. The maximum absolute atomic E-state index is 12.9. The monoisotopic (exact) mass is 422 g/mol. The number of nitrogens with one attached hydrogen (secondary N) is 1. The Morgan fingerprint density at radius 2 is 1.84 bits per heavy atom. The van der Waals surface area contributed by atoms with Gasteiger partial charge in [-0.3, -0.25) is 4.79 Å². The number of urea groups is 1. The van der Waals surface area contributed by atoms with Crippen LogP contribution in [0, 0.1) is 6.92 Å². The molecule has 1 aromatic carbocycles. The van der Waals surface area contributed by atoms with Crippen LogP contribution in [0.1, 0.15) is 47.2 Å². The maximum atomic E-state index is 12.9. The number of pyridine rings is 1. The molecule has 31 heavy (non-hydrogen) atoms. The molecule has 1 unspecified atom stereocenters. The van der Waals surface area contributed by atoms with E-state index in [0.717, 1.165) is 31.5 Å². The predicted octanol–water partition coefficient (Wildman–Crippen LogP) is 3.38. The zero-order valence-corrected chi connectivity index (χ0v) is 18.0. The average molecular weight is 423 g/mol. The van der Waals surface area contributed by atoms with Crippen LogP contribution in [0.3, 0.4) is 0 Å². The molecule has 2 fully saturated rings. The highest BCUT2D eigenvalue weighted by atomic mass is 16.5. The standard InChI is InChI=1S/C24H30N4O3/c1-18-7-9-19(10-8-18)16-26-24(30)28-15-11-20(17-28)31-22-21(6-5-12-25-22)23(29)27-13-3-2-4-14-27/h5-10,12,20H,2-4,11,13-17H2,1H3,(H,26,30). The zero-order valence-electron chi connectivity index (χ0n) is 18.0. The summed E-state index contributed by atoms with van der Waals surface area (Å²) in [5.74, 6) is 0.346. The number of amides is 3. The molecule has 1 N–H and O–H groups in total. The molecule has 0 bridgehead atoms. The van der Waals surface area contributed by atoms with Gasteiger partial charge in [0.1, 0.15) is 11.7 Å². The van der Waals surface area contributed by atoms with Crippen molar-refractivity contribution in [2.75, 3.05) is 26.2 Å². The van der Waals surface area contributed by atoms with Crippen LogP contribution in [0.5, 0.6) is 5.88 Å². The molecule has 164 valence electrons. The quantitative estimate of drug-likeness (QED) is 0.802. The minimum absolute atomic E-state index is 0.0199. The van der Waals surface area contributed by atoms with Gasteiger partial charge in [-0.05, 0) is 43.9 Å². The lowest BCUT2D eigenvalue weighted by Gasteiger charge is -2.27. The third-order valence-electron chi connectivity index (χ3n) is 5.92. The van der Waals surface area contributed by atoms with E-state index in [1.54, 1.807) is 23.2 Å². The number of hydrogen-bond donors (Lipinski definition) is 1. The Morgan fingerprint density at radius 3 is 2.61 bits per heavy atom. The van der Waals surface area contributed by atoms with Gasteiger partial charge in [0.15, 0.2) is 0 Å². The summed E-state index contributed by atoms with van der Waals surface area (Å²) in [5.41, 5.74) is 2.77. The van der Waals surface area contributed by atoms with Crippen molar-refractivity contribution in [3.63, 3.8) is 0 Å². The summed E-state index contributed by atoms with van der Waals surface area (Å²) in [5, 5.41) is 2.97. The predicted molar refractivity (Wildman–Crippen MR) is 118 cm³/mol. The molecular formula is C24H30N4O3. The van der Waals surface area contributed by atoms with E-state index in [9.17, 15) is 9.59 Å². The van der Waals surface area contributed by atoms with Gasteiger partial charge in [0.25, 0.3) is 5.91 Å². The number of aromatic nitrogens is 1. The lowest BCUT2D eigenvalue weighted by molar-refractivity contribution is 0.0715. The fraction of sp³-hybridized carbons (Fsp3) is 0.458. The molecule has 0 saturated carbocycles. The van der Waals surface area contributed by atoms with Gasteiger partial charge in [-0.15, -0.1) is 0 Å². The summed E-state index contributed by atoms with van der Waals surface area (Å²) in [7, 11) is 0.